The van der Waals surface area contributed by atoms with Gasteiger partial charge in [-0.25, -0.2) is 4.57 Å². The molecular weight excluding hydrogens is 976 g/mol. The van der Waals surface area contributed by atoms with Gasteiger partial charge >= 0.3 is 25.7 Å². The van der Waals surface area contributed by atoms with E-state index in [0.29, 0.717) is 19.3 Å². The van der Waals surface area contributed by atoms with Gasteiger partial charge in [-0.15, -0.1) is 0 Å². The van der Waals surface area contributed by atoms with Crippen LogP contribution in [0.1, 0.15) is 290 Å². The zero-order valence-corrected chi connectivity index (χ0v) is 49.9. The fourth-order valence-electron chi connectivity index (χ4n) is 8.63. The minimum Gasteiger partial charge on any atom is -0.462 e. The molecule has 0 aromatic carbocycles. The highest BCUT2D eigenvalue weighted by atomic mass is 31.2. The molecular formula is C64H115O11P. The van der Waals surface area contributed by atoms with Crippen LogP contribution in [0.5, 0.6) is 0 Å². The van der Waals surface area contributed by atoms with E-state index in [9.17, 15) is 28.9 Å². The Labute approximate surface area is 465 Å². The Hall–Kier alpha value is -2.82. The zero-order valence-electron chi connectivity index (χ0n) is 49.0. The van der Waals surface area contributed by atoms with Crippen molar-refractivity contribution in [2.45, 2.75) is 303 Å². The van der Waals surface area contributed by atoms with Crippen LogP contribution in [0.25, 0.3) is 0 Å². The predicted octanol–water partition coefficient (Wildman–Crippen LogP) is 18.7. The number of phosphoric ester groups is 1. The first kappa shape index (κ1) is 73.2. The maximum absolute atomic E-state index is 12.9. The van der Waals surface area contributed by atoms with E-state index in [-0.39, 0.29) is 25.9 Å². The van der Waals surface area contributed by atoms with Gasteiger partial charge in [-0.3, -0.25) is 23.4 Å². The van der Waals surface area contributed by atoms with Gasteiger partial charge in [-0.1, -0.05) is 242 Å². The lowest BCUT2D eigenvalue weighted by atomic mass is 10.0. The van der Waals surface area contributed by atoms with Gasteiger partial charge in [0.2, 0.25) is 0 Å². The molecule has 0 rings (SSSR count). The Morgan fingerprint density at radius 3 is 1.01 bits per heavy atom. The number of phosphoric acid groups is 1. The molecule has 0 aromatic heterocycles. The monoisotopic (exact) mass is 1090 g/mol. The molecule has 76 heavy (non-hydrogen) atoms. The summed E-state index contributed by atoms with van der Waals surface area (Å²) < 4.78 is 39.6. The maximum Gasteiger partial charge on any atom is 0.472 e. The molecule has 11 nitrogen and oxygen atoms in total. The van der Waals surface area contributed by atoms with Crippen LogP contribution in [0.2, 0.25) is 0 Å². The van der Waals surface area contributed by atoms with Gasteiger partial charge in [0.1, 0.15) is 12.7 Å². The third-order valence-corrected chi connectivity index (χ3v) is 14.4. The van der Waals surface area contributed by atoms with E-state index >= 15 is 0 Å². The molecule has 3 unspecified atom stereocenters. The van der Waals surface area contributed by atoms with E-state index in [1.54, 1.807) is 0 Å². The lowest BCUT2D eigenvalue weighted by molar-refractivity contribution is -0.161. The van der Waals surface area contributed by atoms with Crippen molar-refractivity contribution in [1.82, 2.24) is 0 Å². The number of carbonyl (C=O) groups is 3. The van der Waals surface area contributed by atoms with Gasteiger partial charge in [0, 0.05) is 19.3 Å². The number of carbonyl (C=O) groups excluding carboxylic acids is 3. The molecule has 0 aliphatic carbocycles. The summed E-state index contributed by atoms with van der Waals surface area (Å²) in [6.07, 6.45) is 64.5. The van der Waals surface area contributed by atoms with Gasteiger partial charge in [0.25, 0.3) is 0 Å². The highest BCUT2D eigenvalue weighted by molar-refractivity contribution is 7.47. The second-order valence-electron chi connectivity index (χ2n) is 20.9. The SMILES string of the molecule is CCCCC/C=C\C/C=C\C/C=C\CCCCCCCCC(=O)OCC(COP(=O)(O)OCC(CO)OC(=O)CCCCCCCCCCCCCCCCC)OC(=O)CCCCCCC/C=C\C/C=C\CCCCC. The summed E-state index contributed by atoms with van der Waals surface area (Å²) in [7, 11) is -4.76. The smallest absolute Gasteiger partial charge is 0.462 e. The molecule has 0 aliphatic heterocycles. The fraction of sp³-hybridized carbons (Fsp3) is 0.797. The van der Waals surface area contributed by atoms with Crippen molar-refractivity contribution in [3.63, 3.8) is 0 Å². The minimum absolute atomic E-state index is 0.149. The Morgan fingerprint density at radius 1 is 0.368 bits per heavy atom. The first-order chi connectivity index (χ1) is 37.2. The lowest BCUT2D eigenvalue weighted by Gasteiger charge is -2.21. The number of hydrogen-bond donors (Lipinski definition) is 2. The Balaban J connectivity index is 4.72. The van der Waals surface area contributed by atoms with Gasteiger partial charge in [0.05, 0.1) is 19.8 Å². The molecule has 0 spiro atoms. The fourth-order valence-corrected chi connectivity index (χ4v) is 9.41. The van der Waals surface area contributed by atoms with E-state index < -0.39 is 57.8 Å². The minimum atomic E-state index is -4.76. The van der Waals surface area contributed by atoms with E-state index in [1.807, 2.05) is 0 Å². The lowest BCUT2D eigenvalue weighted by Crippen LogP contribution is -2.30. The van der Waals surface area contributed by atoms with Gasteiger partial charge in [-0.2, -0.15) is 0 Å². The maximum atomic E-state index is 12.9. The van der Waals surface area contributed by atoms with Crippen LogP contribution in [0.15, 0.2) is 60.8 Å². The van der Waals surface area contributed by atoms with E-state index in [4.69, 9.17) is 23.3 Å². The van der Waals surface area contributed by atoms with Crippen molar-refractivity contribution < 1.29 is 52.2 Å². The summed E-state index contributed by atoms with van der Waals surface area (Å²) in [5.74, 6) is -1.48. The summed E-state index contributed by atoms with van der Waals surface area (Å²) >= 11 is 0. The van der Waals surface area contributed by atoms with Crippen molar-refractivity contribution in [3.05, 3.63) is 60.8 Å². The number of unbranched alkanes of at least 4 members (excludes halogenated alkanes) is 31. The summed E-state index contributed by atoms with van der Waals surface area (Å²) in [4.78, 5) is 48.7. The van der Waals surface area contributed by atoms with Crippen molar-refractivity contribution in [3.8, 4) is 0 Å². The number of allylic oxidation sites excluding steroid dienone is 10. The van der Waals surface area contributed by atoms with Crippen molar-refractivity contribution in [2.75, 3.05) is 26.4 Å². The molecule has 442 valence electrons. The molecule has 0 aromatic rings. The summed E-state index contributed by atoms with van der Waals surface area (Å²) in [5.41, 5.74) is 0. The van der Waals surface area contributed by atoms with Crippen LogP contribution in [0.3, 0.4) is 0 Å². The highest BCUT2D eigenvalue weighted by Crippen LogP contribution is 2.43. The molecule has 0 amide bonds. The van der Waals surface area contributed by atoms with Gasteiger partial charge in [0.15, 0.2) is 6.10 Å². The Kier molecular flexibility index (Phi) is 56.2. The van der Waals surface area contributed by atoms with Crippen molar-refractivity contribution >= 4 is 25.7 Å². The third-order valence-electron chi connectivity index (χ3n) is 13.4. The molecule has 3 atom stereocenters. The molecule has 12 heteroatoms. The number of ether oxygens (including phenoxy) is 3. The third kappa shape index (κ3) is 55.9. The predicted molar refractivity (Wildman–Crippen MR) is 316 cm³/mol. The molecule has 2 N–H and O–H groups in total. The average Bonchev–Trinajstić information content (AvgIpc) is 3.41. The Morgan fingerprint density at radius 2 is 0.645 bits per heavy atom. The van der Waals surface area contributed by atoms with Crippen LogP contribution < -0.4 is 0 Å². The second kappa shape index (κ2) is 58.3. The largest absolute Gasteiger partial charge is 0.472 e. The van der Waals surface area contributed by atoms with Gasteiger partial charge in [-0.05, 0) is 89.9 Å². The number of aliphatic hydroxyl groups excluding tert-OH is 1. The highest BCUT2D eigenvalue weighted by Gasteiger charge is 2.28. The molecule has 0 bridgehead atoms. The molecule has 0 aliphatic rings. The molecule has 0 saturated heterocycles. The average molecular weight is 1090 g/mol. The molecule has 0 saturated carbocycles. The van der Waals surface area contributed by atoms with E-state index in [2.05, 4.69) is 81.5 Å². The van der Waals surface area contributed by atoms with E-state index in [0.717, 1.165) is 116 Å². The number of hydrogen-bond acceptors (Lipinski definition) is 10. The van der Waals surface area contributed by atoms with Crippen molar-refractivity contribution in [1.29, 1.82) is 0 Å². The standard InChI is InChI=1S/C64H115O11P/c1-4-7-10-13-16-19-22-25-28-29-30-31-34-35-38-41-44-47-50-53-62(66)71-57-61(75-64(68)55-52-49-46-43-40-37-33-27-24-21-18-15-12-9-6-3)59-73-76(69,70)72-58-60(56-65)74-63(67)54-51-48-45-42-39-36-32-26-23-20-17-14-11-8-5-2/h16,18-19,21,25,27-28,30-31,33,60-61,65H,4-15,17,20,22-24,26,29,32,34-59H2,1-3H3,(H,69,70)/b19-16-,21-18-,28-25-,31-30-,33-27-. The summed E-state index contributed by atoms with van der Waals surface area (Å²) in [6, 6.07) is 0. The van der Waals surface area contributed by atoms with Crippen LogP contribution in [-0.4, -0.2) is 66.5 Å². The number of rotatable bonds is 58. The Bertz CT molecular complexity index is 1510. The van der Waals surface area contributed by atoms with Crippen LogP contribution in [0.4, 0.5) is 0 Å². The first-order valence-electron chi connectivity index (χ1n) is 31.2. The number of aliphatic hydroxyl groups is 1. The second-order valence-corrected chi connectivity index (χ2v) is 22.3. The molecule has 0 heterocycles. The van der Waals surface area contributed by atoms with Crippen LogP contribution in [-0.2, 0) is 42.2 Å². The zero-order chi connectivity index (χ0) is 55.5. The summed E-state index contributed by atoms with van der Waals surface area (Å²) in [6.45, 7) is 4.60. The molecule has 0 radical (unpaired) electrons. The van der Waals surface area contributed by atoms with Crippen molar-refractivity contribution in [2.24, 2.45) is 0 Å². The number of esters is 3. The van der Waals surface area contributed by atoms with Crippen LogP contribution in [0, 0.1) is 0 Å². The normalized spacial score (nSPS) is 13.7. The van der Waals surface area contributed by atoms with Gasteiger partial charge < -0.3 is 24.2 Å². The first-order valence-corrected chi connectivity index (χ1v) is 32.7. The van der Waals surface area contributed by atoms with Crippen LogP contribution >= 0.6 is 7.82 Å². The topological polar surface area (TPSA) is 155 Å². The molecule has 0 fully saturated rings. The quantitative estimate of drug-likeness (QED) is 0.0197. The summed E-state index contributed by atoms with van der Waals surface area (Å²) in [5, 5.41) is 9.84. The van der Waals surface area contributed by atoms with E-state index in [1.165, 1.54) is 116 Å².